The maximum absolute atomic E-state index is 10.4. The molecule has 48 heavy (non-hydrogen) atoms. The van der Waals surface area contributed by atoms with Crippen LogP contribution in [0.5, 0.6) is 0 Å². The number of para-hydroxylation sites is 5. The van der Waals surface area contributed by atoms with Crippen molar-refractivity contribution in [2.75, 3.05) is 0 Å². The molecule has 9 rings (SSSR count). The van der Waals surface area contributed by atoms with Crippen LogP contribution in [0.3, 0.4) is 0 Å². The van der Waals surface area contributed by atoms with Crippen LogP contribution in [-0.2, 0) is 0 Å². The molecular weight excluding hydrogens is 585 g/mol. The molecule has 0 radical (unpaired) electrons. The lowest BCUT2D eigenvalue weighted by atomic mass is 9.91. The van der Waals surface area contributed by atoms with Gasteiger partial charge in [0.25, 0.3) is 0 Å². The second-order valence-electron chi connectivity index (χ2n) is 11.9. The third-order valence-corrected chi connectivity index (χ3v) is 9.41. The zero-order valence-electron chi connectivity index (χ0n) is 25.8. The fourth-order valence-electron chi connectivity index (χ4n) is 7.37. The molecule has 0 N–H and O–H groups in total. The largest absolute Gasteiger partial charge is 0.309 e. The predicted octanol–water partition coefficient (Wildman–Crippen LogP) is 11.6. The Morgan fingerprint density at radius 2 is 0.833 bits per heavy atom. The number of rotatable bonds is 4. The van der Waals surface area contributed by atoms with Gasteiger partial charge in [0, 0.05) is 27.1 Å². The van der Waals surface area contributed by atoms with Crippen LogP contribution in [0.4, 0.5) is 5.69 Å². The van der Waals surface area contributed by atoms with E-state index in [0.717, 1.165) is 66.5 Å². The quantitative estimate of drug-likeness (QED) is 0.183. The number of fused-ring (bicyclic) bond motifs is 6. The van der Waals surface area contributed by atoms with Gasteiger partial charge < -0.3 is 9.13 Å². The Morgan fingerprint density at radius 1 is 0.438 bits per heavy atom. The van der Waals surface area contributed by atoms with E-state index < -0.39 is 0 Å². The van der Waals surface area contributed by atoms with Gasteiger partial charge in [0.1, 0.15) is 0 Å². The molecule has 0 amide bonds. The van der Waals surface area contributed by atoms with Gasteiger partial charge in [0.2, 0.25) is 0 Å². The molecule has 2 aromatic heterocycles. The van der Waals surface area contributed by atoms with E-state index in [-0.39, 0.29) is 0 Å². The maximum atomic E-state index is 10.4. The van der Waals surface area contributed by atoms with Gasteiger partial charge in [-0.2, -0.15) is 5.26 Å². The van der Waals surface area contributed by atoms with Crippen molar-refractivity contribution in [3.05, 3.63) is 175 Å². The Labute approximate surface area is 277 Å². The second-order valence-corrected chi connectivity index (χ2v) is 11.9. The summed E-state index contributed by atoms with van der Waals surface area (Å²) in [5, 5.41) is 15.1. The average molecular weight is 611 g/mol. The van der Waals surface area contributed by atoms with Gasteiger partial charge in [-0.3, -0.25) is 0 Å². The van der Waals surface area contributed by atoms with Crippen LogP contribution in [0.15, 0.2) is 158 Å². The summed E-state index contributed by atoms with van der Waals surface area (Å²) < 4.78 is 4.50. The topological polar surface area (TPSA) is 38.0 Å². The van der Waals surface area contributed by atoms with E-state index in [1.54, 1.807) is 6.07 Å². The van der Waals surface area contributed by atoms with E-state index in [1.807, 2.05) is 36.4 Å². The molecule has 0 aliphatic carbocycles. The summed E-state index contributed by atoms with van der Waals surface area (Å²) in [6, 6.07) is 56.6. The van der Waals surface area contributed by atoms with Crippen LogP contribution >= 0.6 is 0 Å². The first-order valence-corrected chi connectivity index (χ1v) is 15.9. The minimum Gasteiger partial charge on any atom is -0.309 e. The Morgan fingerprint density at radius 3 is 1.31 bits per heavy atom. The van der Waals surface area contributed by atoms with Crippen molar-refractivity contribution < 1.29 is 0 Å². The minimum atomic E-state index is 0.442. The van der Waals surface area contributed by atoms with Crippen molar-refractivity contribution in [3.63, 3.8) is 0 Å². The Bertz CT molecular complexity index is 2710. The van der Waals surface area contributed by atoms with Crippen molar-refractivity contribution in [2.24, 2.45) is 0 Å². The molecule has 0 bridgehead atoms. The molecule has 4 nitrogen and oxygen atoms in total. The number of aromatic nitrogens is 2. The summed E-state index contributed by atoms with van der Waals surface area (Å²) in [7, 11) is 0. The first kappa shape index (κ1) is 27.4. The Balaban J connectivity index is 1.33. The number of hydrogen-bond acceptors (Lipinski definition) is 1. The van der Waals surface area contributed by atoms with Crippen molar-refractivity contribution >= 4 is 49.3 Å². The van der Waals surface area contributed by atoms with Gasteiger partial charge in [0.05, 0.1) is 51.6 Å². The summed E-state index contributed by atoms with van der Waals surface area (Å²) in [5.41, 5.74) is 10.8. The smallest absolute Gasteiger partial charge is 0.196 e. The minimum absolute atomic E-state index is 0.442. The molecule has 0 spiro atoms. The standard InChI is InChI=1S/C44H26N4/c1-46-38-26-29(28-45)44(48-42-24-12-7-19-35(42)36-20-8-13-25-43(36)48)27-37(38)31-15-3-2-14-30(31)32-16-4-9-21-39(32)47-40-22-10-5-17-33(40)34-18-6-11-23-41(34)47/h2-27H. The van der Waals surface area contributed by atoms with Gasteiger partial charge in [0.15, 0.2) is 5.69 Å². The summed E-state index contributed by atoms with van der Waals surface area (Å²) >= 11 is 0. The summed E-state index contributed by atoms with van der Waals surface area (Å²) in [6.07, 6.45) is 0. The second kappa shape index (κ2) is 10.9. The number of nitrogens with zero attached hydrogens (tertiary/aromatic N) is 4. The SMILES string of the molecule is [C-]#[N+]c1cc(C#N)c(-n2c3ccccc3c3ccccc32)cc1-c1ccccc1-c1ccccc1-n1c2ccccc2c2ccccc21. The molecular formula is C44H26N4. The van der Waals surface area contributed by atoms with Crippen LogP contribution in [0.2, 0.25) is 0 Å². The van der Waals surface area contributed by atoms with Gasteiger partial charge in [-0.1, -0.05) is 115 Å². The average Bonchev–Trinajstić information content (AvgIpc) is 3.67. The predicted molar refractivity (Wildman–Crippen MR) is 197 cm³/mol. The highest BCUT2D eigenvalue weighted by Gasteiger charge is 2.21. The molecule has 0 saturated heterocycles. The third-order valence-electron chi connectivity index (χ3n) is 9.41. The molecule has 222 valence electrons. The fraction of sp³-hybridized carbons (Fsp3) is 0. The lowest BCUT2D eigenvalue weighted by Gasteiger charge is -2.19. The monoisotopic (exact) mass is 610 g/mol. The molecule has 2 heterocycles. The van der Waals surface area contributed by atoms with Crippen LogP contribution in [0.25, 0.3) is 82.1 Å². The highest BCUT2D eigenvalue weighted by Crippen LogP contribution is 2.44. The van der Waals surface area contributed by atoms with Crippen LogP contribution in [-0.4, -0.2) is 9.13 Å². The van der Waals surface area contributed by atoms with Gasteiger partial charge >= 0.3 is 0 Å². The maximum Gasteiger partial charge on any atom is 0.196 e. The molecule has 4 heteroatoms. The van der Waals surface area contributed by atoms with E-state index >= 15 is 0 Å². The lowest BCUT2D eigenvalue weighted by molar-refractivity contribution is 1.17. The molecule has 7 aromatic carbocycles. The van der Waals surface area contributed by atoms with E-state index in [9.17, 15) is 5.26 Å². The van der Waals surface area contributed by atoms with E-state index in [0.29, 0.717) is 11.3 Å². The van der Waals surface area contributed by atoms with Crippen molar-refractivity contribution in [1.29, 1.82) is 5.26 Å². The number of benzene rings is 7. The highest BCUT2D eigenvalue weighted by molar-refractivity contribution is 6.11. The van der Waals surface area contributed by atoms with Crippen molar-refractivity contribution in [1.82, 2.24) is 9.13 Å². The van der Waals surface area contributed by atoms with Crippen molar-refractivity contribution in [3.8, 4) is 39.7 Å². The Kier molecular flexibility index (Phi) is 6.22. The van der Waals surface area contributed by atoms with Crippen LogP contribution < -0.4 is 0 Å². The van der Waals surface area contributed by atoms with Crippen molar-refractivity contribution in [2.45, 2.75) is 0 Å². The van der Waals surface area contributed by atoms with Crippen LogP contribution in [0, 0.1) is 17.9 Å². The highest BCUT2D eigenvalue weighted by atomic mass is 15.0. The first-order valence-electron chi connectivity index (χ1n) is 15.9. The molecule has 0 fully saturated rings. The first-order chi connectivity index (χ1) is 23.8. The van der Waals surface area contributed by atoms with Gasteiger partial charge in [-0.15, -0.1) is 0 Å². The molecule has 0 saturated carbocycles. The van der Waals surface area contributed by atoms with E-state index in [2.05, 4.69) is 135 Å². The van der Waals surface area contributed by atoms with Gasteiger partial charge in [-0.05, 0) is 59.2 Å². The fourth-order valence-corrected chi connectivity index (χ4v) is 7.37. The molecule has 0 unspecified atom stereocenters. The zero-order valence-corrected chi connectivity index (χ0v) is 25.8. The summed E-state index contributed by atoms with van der Waals surface area (Å²) in [5.74, 6) is 0. The van der Waals surface area contributed by atoms with Crippen LogP contribution in [0.1, 0.15) is 5.56 Å². The summed E-state index contributed by atoms with van der Waals surface area (Å²) in [6.45, 7) is 8.23. The third kappa shape index (κ3) is 4.01. The lowest BCUT2D eigenvalue weighted by Crippen LogP contribution is -2.00. The molecule has 0 aliphatic heterocycles. The number of hydrogen-bond donors (Lipinski definition) is 0. The van der Waals surface area contributed by atoms with Gasteiger partial charge in [-0.25, -0.2) is 4.85 Å². The van der Waals surface area contributed by atoms with E-state index in [4.69, 9.17) is 6.57 Å². The summed E-state index contributed by atoms with van der Waals surface area (Å²) in [4.78, 5) is 3.98. The molecule has 0 atom stereocenters. The zero-order chi connectivity index (χ0) is 32.2. The molecule has 9 aromatic rings. The normalized spacial score (nSPS) is 11.3. The van der Waals surface area contributed by atoms with E-state index in [1.165, 1.54) is 10.8 Å². The molecule has 0 aliphatic rings. The Hall–Kier alpha value is -6.88. The number of nitriles is 1.